The van der Waals surface area contributed by atoms with Crippen LogP contribution >= 0.6 is 23.1 Å². The first-order valence-electron chi connectivity index (χ1n) is 7.71. The SMILES string of the molecule is CC(C)CC(C)c1sccc1N1C(C(F)(F)F)=C(NC=O)SC1C. The molecule has 1 aromatic rings. The maximum atomic E-state index is 13.6. The Morgan fingerprint density at radius 1 is 1.38 bits per heavy atom. The van der Waals surface area contributed by atoms with Crippen molar-refractivity contribution in [3.8, 4) is 0 Å². The van der Waals surface area contributed by atoms with Crippen molar-refractivity contribution >= 4 is 35.2 Å². The van der Waals surface area contributed by atoms with Crippen molar-refractivity contribution in [2.24, 2.45) is 5.92 Å². The van der Waals surface area contributed by atoms with Crippen molar-refractivity contribution in [3.05, 3.63) is 27.0 Å². The number of carbonyl (C=O) groups is 1. The summed E-state index contributed by atoms with van der Waals surface area (Å²) in [7, 11) is 0. The number of hydrogen-bond acceptors (Lipinski definition) is 4. The molecule has 0 aromatic carbocycles. The molecule has 2 atom stereocenters. The lowest BCUT2D eigenvalue weighted by atomic mass is 9.96. The van der Waals surface area contributed by atoms with Gasteiger partial charge in [-0.1, -0.05) is 32.5 Å². The van der Waals surface area contributed by atoms with E-state index < -0.39 is 17.2 Å². The standard InChI is InChI=1S/C16H21F3N2OS2/c1-9(2)7-10(3)13-12(5-6-23-13)21-11(4)24-15(20-8-22)14(21)16(17,18)19/h5-6,8-11H,7H2,1-4H3,(H,20,22). The topological polar surface area (TPSA) is 32.3 Å². The first kappa shape index (κ1) is 19.2. The summed E-state index contributed by atoms with van der Waals surface area (Å²) in [6, 6.07) is 1.74. The molecule has 2 heterocycles. The third-order valence-corrected chi connectivity index (χ3v) is 6.01. The number of thiophene rings is 1. The smallest absolute Gasteiger partial charge is 0.322 e. The van der Waals surface area contributed by atoms with Crippen molar-refractivity contribution in [1.82, 2.24) is 5.32 Å². The van der Waals surface area contributed by atoms with Gasteiger partial charge in [0.15, 0.2) is 5.70 Å². The molecule has 1 N–H and O–H groups in total. The van der Waals surface area contributed by atoms with Gasteiger partial charge < -0.3 is 10.2 Å². The highest BCUT2D eigenvalue weighted by molar-refractivity contribution is 8.04. The Bertz CT molecular complexity index is 625. The fourth-order valence-electron chi connectivity index (χ4n) is 3.00. The molecule has 0 saturated carbocycles. The van der Waals surface area contributed by atoms with E-state index in [1.807, 2.05) is 12.3 Å². The highest BCUT2D eigenvalue weighted by Crippen LogP contribution is 2.49. The van der Waals surface area contributed by atoms with Gasteiger partial charge in [-0.25, -0.2) is 0 Å². The van der Waals surface area contributed by atoms with Crippen LogP contribution in [-0.2, 0) is 4.79 Å². The Hall–Kier alpha value is -1.15. The van der Waals surface area contributed by atoms with Gasteiger partial charge in [0.2, 0.25) is 6.41 Å². The van der Waals surface area contributed by atoms with E-state index in [4.69, 9.17) is 0 Å². The second-order valence-electron chi connectivity index (χ2n) is 6.23. The molecule has 0 radical (unpaired) electrons. The highest BCUT2D eigenvalue weighted by Gasteiger charge is 2.48. The quantitative estimate of drug-likeness (QED) is 0.684. The zero-order chi connectivity index (χ0) is 18.1. The molecule has 0 fully saturated rings. The second kappa shape index (κ2) is 7.39. The van der Waals surface area contributed by atoms with Crippen LogP contribution in [0.25, 0.3) is 0 Å². The van der Waals surface area contributed by atoms with Crippen molar-refractivity contribution in [1.29, 1.82) is 0 Å². The minimum absolute atomic E-state index is 0.140. The van der Waals surface area contributed by atoms with E-state index in [1.165, 1.54) is 16.2 Å². The summed E-state index contributed by atoms with van der Waals surface area (Å²) in [6.45, 7) is 7.96. The van der Waals surface area contributed by atoms with Crippen LogP contribution in [0.5, 0.6) is 0 Å². The van der Waals surface area contributed by atoms with Gasteiger partial charge >= 0.3 is 6.18 Å². The average molecular weight is 378 g/mol. The van der Waals surface area contributed by atoms with Gasteiger partial charge in [0.25, 0.3) is 0 Å². The van der Waals surface area contributed by atoms with E-state index in [9.17, 15) is 18.0 Å². The molecule has 1 aliphatic heterocycles. The van der Waals surface area contributed by atoms with Gasteiger partial charge in [-0.05, 0) is 36.6 Å². The lowest BCUT2D eigenvalue weighted by Crippen LogP contribution is -2.34. The van der Waals surface area contributed by atoms with E-state index in [1.54, 1.807) is 13.0 Å². The molecular formula is C16H21F3N2OS2. The maximum Gasteiger partial charge on any atom is 0.434 e. The Labute approximate surface area is 148 Å². The first-order chi connectivity index (χ1) is 11.2. The summed E-state index contributed by atoms with van der Waals surface area (Å²) in [5.41, 5.74) is -0.202. The summed E-state index contributed by atoms with van der Waals surface area (Å²) in [5.74, 6) is 0.639. The largest absolute Gasteiger partial charge is 0.434 e. The fraction of sp³-hybridized carbons (Fsp3) is 0.562. The monoisotopic (exact) mass is 378 g/mol. The molecule has 1 aromatic heterocycles. The Balaban J connectivity index is 2.47. The number of halogens is 3. The van der Waals surface area contributed by atoms with Crippen molar-refractivity contribution in [3.63, 3.8) is 0 Å². The molecule has 2 rings (SSSR count). The maximum absolute atomic E-state index is 13.6. The number of anilines is 1. The van der Waals surface area contributed by atoms with Crippen LogP contribution < -0.4 is 10.2 Å². The molecular weight excluding hydrogens is 357 g/mol. The molecule has 0 saturated heterocycles. The van der Waals surface area contributed by atoms with E-state index in [-0.39, 0.29) is 10.9 Å². The summed E-state index contributed by atoms with van der Waals surface area (Å²) in [4.78, 5) is 12.9. The molecule has 3 nitrogen and oxygen atoms in total. The highest BCUT2D eigenvalue weighted by atomic mass is 32.2. The van der Waals surface area contributed by atoms with Crippen LogP contribution in [0.1, 0.15) is 44.9 Å². The minimum Gasteiger partial charge on any atom is -0.322 e. The fourth-order valence-corrected chi connectivity index (χ4v) is 5.07. The van der Waals surface area contributed by atoms with Gasteiger partial charge in [-0.15, -0.1) is 11.3 Å². The molecule has 0 spiro atoms. The number of nitrogens with zero attached hydrogens (tertiary/aromatic N) is 1. The summed E-state index contributed by atoms with van der Waals surface area (Å²) >= 11 is 2.50. The number of hydrogen-bond donors (Lipinski definition) is 1. The van der Waals surface area contributed by atoms with Gasteiger partial charge in [0, 0.05) is 4.88 Å². The molecule has 1 aliphatic rings. The van der Waals surface area contributed by atoms with Crippen LogP contribution in [0.3, 0.4) is 0 Å². The summed E-state index contributed by atoms with van der Waals surface area (Å²) in [5, 5.41) is 3.46. The van der Waals surface area contributed by atoms with Crippen LogP contribution in [0.4, 0.5) is 18.9 Å². The Kier molecular flexibility index (Phi) is 5.91. The normalized spacial score (nSPS) is 20.0. The molecule has 1 amide bonds. The Morgan fingerprint density at radius 3 is 2.58 bits per heavy atom. The Morgan fingerprint density at radius 2 is 2.04 bits per heavy atom. The number of allylic oxidation sites excluding steroid dienone is 1. The zero-order valence-corrected chi connectivity index (χ0v) is 15.6. The zero-order valence-electron chi connectivity index (χ0n) is 14.0. The molecule has 0 aliphatic carbocycles. The predicted molar refractivity (Wildman–Crippen MR) is 94.0 cm³/mol. The molecule has 134 valence electrons. The van der Waals surface area contributed by atoms with E-state index >= 15 is 0 Å². The van der Waals surface area contributed by atoms with Crippen molar-refractivity contribution in [2.45, 2.75) is 51.6 Å². The van der Waals surface area contributed by atoms with E-state index in [0.29, 0.717) is 18.0 Å². The number of rotatable bonds is 6. The third-order valence-electron chi connectivity index (χ3n) is 3.77. The van der Waals surface area contributed by atoms with E-state index in [2.05, 4.69) is 19.2 Å². The van der Waals surface area contributed by atoms with Gasteiger partial charge in [0.05, 0.1) is 11.1 Å². The third kappa shape index (κ3) is 3.91. The lowest BCUT2D eigenvalue weighted by Gasteiger charge is -2.29. The number of thioether (sulfide) groups is 1. The molecule has 0 bridgehead atoms. The number of amides is 1. The molecule has 2 unspecified atom stereocenters. The van der Waals surface area contributed by atoms with Crippen LogP contribution in [0.15, 0.2) is 22.2 Å². The summed E-state index contributed by atoms with van der Waals surface area (Å²) in [6.07, 6.45) is -3.34. The minimum atomic E-state index is -4.54. The van der Waals surface area contributed by atoms with Gasteiger partial charge in [-0.3, -0.25) is 4.79 Å². The van der Waals surface area contributed by atoms with Crippen LogP contribution in [0, 0.1) is 5.92 Å². The van der Waals surface area contributed by atoms with Crippen molar-refractivity contribution < 1.29 is 18.0 Å². The predicted octanol–water partition coefficient (Wildman–Crippen LogP) is 5.27. The van der Waals surface area contributed by atoms with Gasteiger partial charge in [-0.2, -0.15) is 13.2 Å². The van der Waals surface area contributed by atoms with Gasteiger partial charge in [0.1, 0.15) is 5.03 Å². The van der Waals surface area contributed by atoms with E-state index in [0.717, 1.165) is 23.1 Å². The van der Waals surface area contributed by atoms with Crippen molar-refractivity contribution in [2.75, 3.05) is 4.90 Å². The van der Waals surface area contributed by atoms with Crippen LogP contribution in [0.2, 0.25) is 0 Å². The molecule has 24 heavy (non-hydrogen) atoms. The second-order valence-corrected chi connectivity index (χ2v) is 8.50. The lowest BCUT2D eigenvalue weighted by molar-refractivity contribution is -0.109. The van der Waals surface area contributed by atoms with Crippen LogP contribution in [-0.4, -0.2) is 18.0 Å². The molecule has 8 heteroatoms. The summed E-state index contributed by atoms with van der Waals surface area (Å²) < 4.78 is 40.9. The number of carbonyl (C=O) groups excluding carboxylic acids is 1. The number of alkyl halides is 3. The average Bonchev–Trinajstić information content (AvgIpc) is 3.01. The first-order valence-corrected chi connectivity index (χ1v) is 9.47. The number of nitrogens with one attached hydrogen (secondary N) is 1.